The Morgan fingerprint density at radius 2 is 2.12 bits per heavy atom. The predicted octanol–water partition coefficient (Wildman–Crippen LogP) is 1.34. The van der Waals surface area contributed by atoms with Crippen LogP contribution in [0, 0.1) is 0 Å². The summed E-state index contributed by atoms with van der Waals surface area (Å²) in [7, 11) is 0. The van der Waals surface area contributed by atoms with Gasteiger partial charge >= 0.3 is 0 Å². The molecule has 0 spiro atoms. The Hall–Kier alpha value is -2.63. The molecule has 17 heavy (non-hydrogen) atoms. The van der Waals surface area contributed by atoms with Crippen LogP contribution in [-0.4, -0.2) is 24.6 Å². The second-order valence-electron chi connectivity index (χ2n) is 3.86. The van der Waals surface area contributed by atoms with Crippen molar-refractivity contribution in [1.82, 2.24) is 24.6 Å². The maximum atomic E-state index is 5.93. The van der Waals surface area contributed by atoms with E-state index in [-0.39, 0.29) is 0 Å². The number of aromatic nitrogens is 5. The van der Waals surface area contributed by atoms with Gasteiger partial charge in [-0.2, -0.15) is 14.6 Å². The maximum Gasteiger partial charge on any atom is 0.230 e. The van der Waals surface area contributed by atoms with Gasteiger partial charge in [0.15, 0.2) is 0 Å². The number of nitrogens with one attached hydrogen (secondary N) is 1. The number of nitrogens with two attached hydrogens (primary N) is 1. The third kappa shape index (κ3) is 0.963. The highest BCUT2D eigenvalue weighted by Crippen LogP contribution is 2.27. The fourth-order valence-corrected chi connectivity index (χ4v) is 2.16. The van der Waals surface area contributed by atoms with Gasteiger partial charge in [0.25, 0.3) is 0 Å². The van der Waals surface area contributed by atoms with Gasteiger partial charge in [0.1, 0.15) is 23.2 Å². The number of benzene rings is 1. The zero-order valence-corrected chi connectivity index (χ0v) is 8.75. The molecule has 0 unspecified atom stereocenters. The second kappa shape index (κ2) is 2.73. The monoisotopic (exact) mass is 224 g/mol. The molecular weight excluding hydrogens is 216 g/mol. The highest BCUT2D eigenvalue weighted by atomic mass is 15.3. The van der Waals surface area contributed by atoms with Crippen LogP contribution in [0.25, 0.3) is 27.7 Å². The van der Waals surface area contributed by atoms with Gasteiger partial charge in [0.2, 0.25) is 5.78 Å². The third-order valence-corrected chi connectivity index (χ3v) is 2.89. The SMILES string of the molecule is Nc1nc2ccccc2c2c1[nH]c1ncnn12. The van der Waals surface area contributed by atoms with Crippen molar-refractivity contribution >= 4 is 33.5 Å². The van der Waals surface area contributed by atoms with Crippen LogP contribution in [0.2, 0.25) is 0 Å². The van der Waals surface area contributed by atoms with Crippen LogP contribution in [0.3, 0.4) is 0 Å². The number of aromatic amines is 1. The van der Waals surface area contributed by atoms with Crippen LogP contribution in [0.5, 0.6) is 0 Å². The number of hydrogen-bond acceptors (Lipinski definition) is 4. The second-order valence-corrected chi connectivity index (χ2v) is 3.86. The number of fused-ring (bicyclic) bond motifs is 5. The molecule has 4 aromatic rings. The maximum absolute atomic E-state index is 5.93. The highest BCUT2D eigenvalue weighted by molar-refractivity contribution is 6.07. The summed E-state index contributed by atoms with van der Waals surface area (Å²) in [5.41, 5.74) is 8.48. The molecule has 0 aliphatic rings. The molecule has 82 valence electrons. The molecule has 0 aliphatic carbocycles. The van der Waals surface area contributed by atoms with Crippen molar-refractivity contribution in [2.24, 2.45) is 0 Å². The van der Waals surface area contributed by atoms with Gasteiger partial charge in [-0.25, -0.2) is 4.98 Å². The van der Waals surface area contributed by atoms with E-state index in [0.29, 0.717) is 11.6 Å². The number of rotatable bonds is 0. The molecule has 6 heteroatoms. The van der Waals surface area contributed by atoms with Crippen molar-refractivity contribution in [2.75, 3.05) is 5.73 Å². The molecule has 3 aromatic heterocycles. The lowest BCUT2D eigenvalue weighted by Crippen LogP contribution is -1.94. The Labute approximate surface area is 95.1 Å². The minimum atomic E-state index is 0.464. The van der Waals surface area contributed by atoms with Crippen LogP contribution < -0.4 is 5.73 Å². The molecule has 0 atom stereocenters. The number of pyridine rings is 1. The van der Waals surface area contributed by atoms with Crippen LogP contribution in [0.15, 0.2) is 30.6 Å². The van der Waals surface area contributed by atoms with E-state index >= 15 is 0 Å². The number of nitrogen functional groups attached to an aromatic ring is 1. The largest absolute Gasteiger partial charge is 0.382 e. The summed E-state index contributed by atoms with van der Waals surface area (Å²) in [6.45, 7) is 0. The smallest absolute Gasteiger partial charge is 0.230 e. The van der Waals surface area contributed by atoms with Gasteiger partial charge < -0.3 is 10.7 Å². The first-order chi connectivity index (χ1) is 8.34. The van der Waals surface area contributed by atoms with Crippen molar-refractivity contribution in [1.29, 1.82) is 0 Å². The van der Waals surface area contributed by atoms with Crippen molar-refractivity contribution < 1.29 is 0 Å². The normalized spacial score (nSPS) is 11.8. The Morgan fingerprint density at radius 1 is 1.24 bits per heavy atom. The molecule has 6 nitrogen and oxygen atoms in total. The number of imidazole rings is 1. The van der Waals surface area contributed by atoms with E-state index in [9.17, 15) is 0 Å². The van der Waals surface area contributed by atoms with E-state index in [1.807, 2.05) is 24.3 Å². The average Bonchev–Trinajstić information content (AvgIpc) is 2.89. The Kier molecular flexibility index (Phi) is 1.37. The third-order valence-electron chi connectivity index (χ3n) is 2.89. The van der Waals surface area contributed by atoms with Gasteiger partial charge in [0, 0.05) is 5.39 Å². The lowest BCUT2D eigenvalue weighted by atomic mass is 10.2. The summed E-state index contributed by atoms with van der Waals surface area (Å²) in [4.78, 5) is 11.6. The van der Waals surface area contributed by atoms with Gasteiger partial charge in [-0.1, -0.05) is 18.2 Å². The first-order valence-corrected chi connectivity index (χ1v) is 5.20. The summed E-state index contributed by atoms with van der Waals surface area (Å²) in [6, 6.07) is 7.83. The minimum Gasteiger partial charge on any atom is -0.382 e. The molecule has 4 rings (SSSR count). The molecule has 0 bridgehead atoms. The van der Waals surface area contributed by atoms with Crippen LogP contribution >= 0.6 is 0 Å². The fraction of sp³-hybridized carbons (Fsp3) is 0. The number of nitrogens with zero attached hydrogens (tertiary/aromatic N) is 4. The molecule has 0 saturated heterocycles. The number of H-pyrrole nitrogens is 1. The summed E-state index contributed by atoms with van der Waals surface area (Å²) in [5.74, 6) is 1.14. The predicted molar refractivity (Wildman–Crippen MR) is 64.6 cm³/mol. The van der Waals surface area contributed by atoms with E-state index in [0.717, 1.165) is 21.9 Å². The Balaban J connectivity index is 2.43. The topological polar surface area (TPSA) is 84.9 Å². The van der Waals surface area contributed by atoms with Crippen molar-refractivity contribution in [3.63, 3.8) is 0 Å². The first kappa shape index (κ1) is 8.51. The van der Waals surface area contributed by atoms with E-state index in [1.54, 1.807) is 4.52 Å². The molecule has 3 heterocycles. The van der Waals surface area contributed by atoms with Gasteiger partial charge in [0.05, 0.1) is 5.52 Å². The zero-order valence-electron chi connectivity index (χ0n) is 8.75. The fourth-order valence-electron chi connectivity index (χ4n) is 2.16. The molecule has 0 amide bonds. The van der Waals surface area contributed by atoms with E-state index in [4.69, 9.17) is 5.73 Å². The lowest BCUT2D eigenvalue weighted by Gasteiger charge is -2.01. The average molecular weight is 224 g/mol. The molecule has 0 saturated carbocycles. The number of anilines is 1. The first-order valence-electron chi connectivity index (χ1n) is 5.20. The highest BCUT2D eigenvalue weighted by Gasteiger charge is 2.12. The summed E-state index contributed by atoms with van der Waals surface area (Å²) >= 11 is 0. The molecule has 0 fully saturated rings. The van der Waals surface area contributed by atoms with Crippen LogP contribution in [0.1, 0.15) is 0 Å². The summed E-state index contributed by atoms with van der Waals surface area (Å²) in [6.07, 6.45) is 1.51. The quantitative estimate of drug-likeness (QED) is 0.472. The van der Waals surface area contributed by atoms with E-state index in [2.05, 4.69) is 20.1 Å². The minimum absolute atomic E-state index is 0.464. The zero-order chi connectivity index (χ0) is 11.4. The number of para-hydroxylation sites is 1. The molecule has 0 aliphatic heterocycles. The lowest BCUT2D eigenvalue weighted by molar-refractivity contribution is 1.01. The van der Waals surface area contributed by atoms with Gasteiger partial charge in [-0.05, 0) is 6.07 Å². The molecule has 0 radical (unpaired) electrons. The van der Waals surface area contributed by atoms with Crippen molar-refractivity contribution in [3.05, 3.63) is 30.6 Å². The summed E-state index contributed by atoms with van der Waals surface area (Å²) in [5, 5.41) is 5.20. The standard InChI is InChI=1S/C11H8N6/c12-10-8-9(17-11(16-8)13-5-14-17)6-3-1-2-4-7(6)15-10/h1-5H,(H2,12,15)(H,13,14,16). The van der Waals surface area contributed by atoms with Crippen molar-refractivity contribution in [2.45, 2.75) is 0 Å². The molecular formula is C11H8N6. The Bertz CT molecular complexity index is 856. The van der Waals surface area contributed by atoms with Crippen molar-refractivity contribution in [3.8, 4) is 0 Å². The number of hydrogen-bond donors (Lipinski definition) is 2. The Morgan fingerprint density at radius 3 is 3.06 bits per heavy atom. The van der Waals surface area contributed by atoms with E-state index in [1.165, 1.54) is 6.33 Å². The van der Waals surface area contributed by atoms with Crippen LogP contribution in [-0.2, 0) is 0 Å². The molecule has 3 N–H and O–H groups in total. The van der Waals surface area contributed by atoms with E-state index < -0.39 is 0 Å². The summed E-state index contributed by atoms with van der Waals surface area (Å²) < 4.78 is 1.75. The molecule has 1 aromatic carbocycles. The van der Waals surface area contributed by atoms with Gasteiger partial charge in [-0.15, -0.1) is 0 Å². The van der Waals surface area contributed by atoms with Crippen LogP contribution in [0.4, 0.5) is 5.82 Å². The van der Waals surface area contributed by atoms with Gasteiger partial charge in [-0.3, -0.25) is 0 Å².